The van der Waals surface area contributed by atoms with Crippen LogP contribution >= 0.6 is 7.14 Å². The number of halogens is 1. The first-order valence-corrected chi connectivity index (χ1v) is 11.4. The van der Waals surface area contributed by atoms with Crippen molar-refractivity contribution in [3.8, 4) is 0 Å². The maximum Gasteiger partial charge on any atom is 0.373 e. The molecular weight excluding hydrogens is 404 g/mol. The minimum Gasteiger partial charge on any atom is -0.382 e. The van der Waals surface area contributed by atoms with E-state index >= 15 is 0 Å². The Balaban J connectivity index is 0.000000941. The highest BCUT2D eigenvalue weighted by Gasteiger charge is 2.32. The molecule has 158 valence electrons. The summed E-state index contributed by atoms with van der Waals surface area (Å²) in [5.74, 6) is 0.0293. The van der Waals surface area contributed by atoms with E-state index in [0.717, 1.165) is 6.42 Å². The van der Waals surface area contributed by atoms with Crippen molar-refractivity contribution in [3.63, 3.8) is 0 Å². The number of hydrogen-bond donors (Lipinski definition) is 1. The quantitative estimate of drug-likeness (QED) is 0.660. The molecule has 3 heterocycles. The molecular formula is C17H23FN5O5P. The first-order chi connectivity index (χ1) is 13.7. The molecule has 2 N–H and O–H groups in total. The highest BCUT2D eigenvalue weighted by molar-refractivity contribution is 7.62. The Morgan fingerprint density at radius 3 is 2.76 bits per heavy atom. The molecule has 4 atom stereocenters. The van der Waals surface area contributed by atoms with E-state index in [9.17, 15) is 8.96 Å². The van der Waals surface area contributed by atoms with Gasteiger partial charge in [-0.3, -0.25) is 4.57 Å². The molecule has 0 saturated carbocycles. The van der Waals surface area contributed by atoms with Gasteiger partial charge in [-0.25, -0.2) is 19.3 Å². The number of anilines is 1. The molecule has 12 heteroatoms. The largest absolute Gasteiger partial charge is 0.382 e. The number of rotatable bonds is 7. The Kier molecular flexibility index (Phi) is 7.75. The standard InChI is InChI=1S/C16H23FN5O3P.CO2/c1-4-10(2)6-26(3,23)9-24-12-5-11(17)16(25-12)22-8-21-13-14(18)19-7-20-15(13)22;2-1-3/h5,7-8,10,12,16H,4,6,9H2,1-3H3,(H2,18,19,20);/t10?,12?,16-,26+;/m1./s1. The van der Waals surface area contributed by atoms with Crippen molar-refractivity contribution < 1.29 is 28.0 Å². The Bertz CT molecular complexity index is 959. The van der Waals surface area contributed by atoms with Crippen molar-refractivity contribution in [2.75, 3.05) is 24.9 Å². The summed E-state index contributed by atoms with van der Waals surface area (Å²) in [6.07, 6.45) is 3.77. The summed E-state index contributed by atoms with van der Waals surface area (Å²) in [5.41, 5.74) is 6.49. The Morgan fingerprint density at radius 1 is 1.41 bits per heavy atom. The second-order valence-corrected chi connectivity index (χ2v) is 10.1. The number of nitrogens with zero attached hydrogens (tertiary/aromatic N) is 4. The molecule has 0 fully saturated rings. The van der Waals surface area contributed by atoms with E-state index < -0.39 is 25.5 Å². The number of hydrogen-bond acceptors (Lipinski definition) is 9. The van der Waals surface area contributed by atoms with Crippen LogP contribution in [0.25, 0.3) is 11.2 Å². The number of carbonyl (C=O) groups excluding carboxylic acids is 2. The summed E-state index contributed by atoms with van der Waals surface area (Å²) >= 11 is 0. The maximum absolute atomic E-state index is 14.4. The fourth-order valence-electron chi connectivity index (χ4n) is 2.84. The molecule has 0 spiro atoms. The van der Waals surface area contributed by atoms with E-state index in [-0.39, 0.29) is 18.3 Å². The number of imidazole rings is 1. The summed E-state index contributed by atoms with van der Waals surface area (Å²) in [4.78, 5) is 28.3. The van der Waals surface area contributed by atoms with E-state index in [2.05, 4.69) is 28.8 Å². The smallest absolute Gasteiger partial charge is 0.373 e. The third kappa shape index (κ3) is 5.77. The number of nitrogens with two attached hydrogens (primary N) is 1. The van der Waals surface area contributed by atoms with Gasteiger partial charge in [-0.15, -0.1) is 0 Å². The van der Waals surface area contributed by atoms with Crippen LogP contribution in [0.15, 0.2) is 24.6 Å². The van der Waals surface area contributed by atoms with E-state index in [4.69, 9.17) is 24.8 Å². The maximum atomic E-state index is 14.4. The number of aromatic nitrogens is 4. The van der Waals surface area contributed by atoms with Gasteiger partial charge in [0.15, 0.2) is 29.8 Å². The van der Waals surface area contributed by atoms with Crippen molar-refractivity contribution in [3.05, 3.63) is 24.6 Å². The van der Waals surface area contributed by atoms with Gasteiger partial charge in [0.05, 0.1) is 6.33 Å². The van der Waals surface area contributed by atoms with Gasteiger partial charge in [0.2, 0.25) is 0 Å². The van der Waals surface area contributed by atoms with E-state index in [1.54, 1.807) is 6.66 Å². The topological polar surface area (TPSA) is 139 Å². The van der Waals surface area contributed by atoms with Gasteiger partial charge in [0.1, 0.15) is 25.3 Å². The van der Waals surface area contributed by atoms with Crippen molar-refractivity contribution in [2.45, 2.75) is 32.8 Å². The Morgan fingerprint density at radius 2 is 2.10 bits per heavy atom. The van der Waals surface area contributed by atoms with Crippen molar-refractivity contribution in [2.24, 2.45) is 5.92 Å². The fraction of sp³-hybridized carbons (Fsp3) is 0.529. The molecule has 1 aliphatic rings. The molecule has 2 aromatic rings. The van der Waals surface area contributed by atoms with E-state index in [1.807, 2.05) is 0 Å². The highest BCUT2D eigenvalue weighted by atomic mass is 31.2. The number of nitrogen functional groups attached to an aromatic ring is 1. The van der Waals surface area contributed by atoms with Gasteiger partial charge in [0, 0.05) is 12.2 Å². The van der Waals surface area contributed by atoms with Gasteiger partial charge in [-0.2, -0.15) is 9.59 Å². The number of fused-ring (bicyclic) bond motifs is 1. The summed E-state index contributed by atoms with van der Waals surface area (Å²) in [7, 11) is -2.47. The zero-order chi connectivity index (χ0) is 21.6. The van der Waals surface area contributed by atoms with Crippen molar-refractivity contribution >= 4 is 30.3 Å². The molecule has 10 nitrogen and oxygen atoms in total. The average Bonchev–Trinajstić information content (AvgIpc) is 3.24. The molecule has 2 aromatic heterocycles. The van der Waals surface area contributed by atoms with Crippen molar-refractivity contribution in [1.29, 1.82) is 0 Å². The van der Waals surface area contributed by atoms with Gasteiger partial charge in [-0.1, -0.05) is 20.3 Å². The van der Waals surface area contributed by atoms with Crippen LogP contribution in [-0.2, 0) is 23.6 Å². The molecule has 1 aliphatic heterocycles. The summed E-state index contributed by atoms with van der Waals surface area (Å²) in [6.45, 7) is 5.81. The first kappa shape index (κ1) is 22.8. The fourth-order valence-corrected chi connectivity index (χ4v) is 4.99. The second kappa shape index (κ2) is 9.84. The lowest BCUT2D eigenvalue weighted by atomic mass is 10.2. The van der Waals surface area contributed by atoms with Gasteiger partial charge in [0.25, 0.3) is 0 Å². The van der Waals surface area contributed by atoms with Crippen LogP contribution in [0.2, 0.25) is 0 Å². The lowest BCUT2D eigenvalue weighted by molar-refractivity contribution is -0.191. The second-order valence-electron chi connectivity index (χ2n) is 6.86. The van der Waals surface area contributed by atoms with E-state index in [0.29, 0.717) is 23.2 Å². The average molecular weight is 427 g/mol. The predicted octanol–water partition coefficient (Wildman–Crippen LogP) is 2.55. The van der Waals surface area contributed by atoms with Gasteiger partial charge < -0.3 is 19.8 Å². The summed E-state index contributed by atoms with van der Waals surface area (Å²) in [6, 6.07) is 0. The third-order valence-electron chi connectivity index (χ3n) is 4.34. The zero-order valence-electron chi connectivity index (χ0n) is 16.3. The van der Waals surface area contributed by atoms with Crippen molar-refractivity contribution in [1.82, 2.24) is 19.5 Å². The summed E-state index contributed by atoms with van der Waals surface area (Å²) in [5, 5.41) is 0. The summed E-state index contributed by atoms with van der Waals surface area (Å²) < 4.78 is 39.6. The SMILES string of the molecule is CCC(C)C[P@](C)(=O)COC1C=C(F)[C@H](n2cnc3c(N)ncnc32)O1.O=C=O. The van der Waals surface area contributed by atoms with Crippen LogP contribution in [0.5, 0.6) is 0 Å². The third-order valence-corrected chi connectivity index (χ3v) is 6.43. The minimum atomic E-state index is -2.47. The van der Waals surface area contributed by atoms with E-state index in [1.165, 1.54) is 23.3 Å². The van der Waals surface area contributed by atoms with Crippen LogP contribution in [0.3, 0.4) is 0 Å². The number of ether oxygens (including phenoxy) is 2. The molecule has 3 rings (SSSR count). The van der Waals surface area contributed by atoms with Crippen LogP contribution in [0.4, 0.5) is 10.2 Å². The predicted molar refractivity (Wildman–Crippen MR) is 102 cm³/mol. The monoisotopic (exact) mass is 427 g/mol. The zero-order valence-corrected chi connectivity index (χ0v) is 17.2. The first-order valence-electron chi connectivity index (χ1n) is 8.84. The lowest BCUT2D eigenvalue weighted by Crippen LogP contribution is -2.17. The van der Waals surface area contributed by atoms with Crippen LogP contribution in [-0.4, -0.2) is 51.1 Å². The molecule has 0 amide bonds. The van der Waals surface area contributed by atoms with Gasteiger partial charge >= 0.3 is 6.15 Å². The molecule has 0 aliphatic carbocycles. The molecule has 0 saturated heterocycles. The molecule has 0 bridgehead atoms. The van der Waals surface area contributed by atoms with Crippen LogP contribution < -0.4 is 5.73 Å². The van der Waals surface area contributed by atoms with Crippen LogP contribution in [0.1, 0.15) is 26.5 Å². The Labute approximate surface area is 166 Å². The molecule has 0 radical (unpaired) electrons. The normalized spacial score (nSPS) is 21.6. The molecule has 2 unspecified atom stereocenters. The lowest BCUT2D eigenvalue weighted by Gasteiger charge is -2.20. The van der Waals surface area contributed by atoms with Crippen LogP contribution in [0, 0.1) is 5.92 Å². The molecule has 29 heavy (non-hydrogen) atoms. The minimum absolute atomic E-state index is 0.0400. The Hall–Kier alpha value is -2.45. The highest BCUT2D eigenvalue weighted by Crippen LogP contribution is 2.44. The molecule has 0 aromatic carbocycles. The van der Waals surface area contributed by atoms with Gasteiger partial charge in [-0.05, 0) is 12.6 Å².